The molecular formula is C14H17ClF3N. The standard InChI is InChI=1S/C14H17ClF3N/c1-10-8-19(7-6-13(10)15)9-11-2-4-12(5-3-11)14(16,17)18/h2-5,10,13H,6-9H2,1H3. The smallest absolute Gasteiger partial charge is 0.299 e. The second-order valence-corrected chi connectivity index (χ2v) is 5.77. The molecule has 106 valence electrons. The summed E-state index contributed by atoms with van der Waals surface area (Å²) in [5, 5.41) is 0.212. The third kappa shape index (κ3) is 3.86. The van der Waals surface area contributed by atoms with Gasteiger partial charge in [-0.3, -0.25) is 4.90 Å². The van der Waals surface area contributed by atoms with Gasteiger partial charge >= 0.3 is 6.18 Å². The maximum absolute atomic E-state index is 12.4. The number of nitrogens with zero attached hydrogens (tertiary/aromatic N) is 1. The van der Waals surface area contributed by atoms with E-state index in [0.29, 0.717) is 12.5 Å². The van der Waals surface area contributed by atoms with Crippen LogP contribution < -0.4 is 0 Å². The van der Waals surface area contributed by atoms with Gasteiger partial charge in [0.2, 0.25) is 0 Å². The van der Waals surface area contributed by atoms with Gasteiger partial charge in [-0.05, 0) is 36.6 Å². The number of rotatable bonds is 2. The number of halogens is 4. The number of likely N-dealkylation sites (tertiary alicyclic amines) is 1. The molecule has 1 aromatic carbocycles. The second-order valence-electron chi connectivity index (χ2n) is 5.21. The lowest BCUT2D eigenvalue weighted by Gasteiger charge is -2.34. The van der Waals surface area contributed by atoms with Crippen LogP contribution in [0.1, 0.15) is 24.5 Å². The predicted molar refractivity (Wildman–Crippen MR) is 70.1 cm³/mol. The summed E-state index contributed by atoms with van der Waals surface area (Å²) in [5.74, 6) is 0.421. The first-order chi connectivity index (χ1) is 8.86. The highest BCUT2D eigenvalue weighted by molar-refractivity contribution is 6.20. The Morgan fingerprint density at radius 1 is 1.26 bits per heavy atom. The van der Waals surface area contributed by atoms with Crippen molar-refractivity contribution in [2.24, 2.45) is 5.92 Å². The molecule has 2 unspecified atom stereocenters. The number of hydrogen-bond acceptors (Lipinski definition) is 1. The molecule has 1 nitrogen and oxygen atoms in total. The van der Waals surface area contributed by atoms with Crippen LogP contribution in [-0.2, 0) is 12.7 Å². The molecule has 1 fully saturated rings. The average Bonchev–Trinajstić information content (AvgIpc) is 2.33. The lowest BCUT2D eigenvalue weighted by molar-refractivity contribution is -0.137. The Morgan fingerprint density at radius 3 is 2.42 bits per heavy atom. The van der Waals surface area contributed by atoms with Gasteiger partial charge in [0.15, 0.2) is 0 Å². The Bertz CT molecular complexity index is 416. The van der Waals surface area contributed by atoms with Gasteiger partial charge in [-0.25, -0.2) is 0 Å². The van der Waals surface area contributed by atoms with E-state index in [1.165, 1.54) is 0 Å². The van der Waals surface area contributed by atoms with Gasteiger partial charge in [0.05, 0.1) is 5.56 Å². The van der Waals surface area contributed by atoms with E-state index in [0.717, 1.165) is 37.2 Å². The van der Waals surface area contributed by atoms with Gasteiger partial charge in [-0.2, -0.15) is 13.2 Å². The fraction of sp³-hybridized carbons (Fsp3) is 0.571. The first-order valence-corrected chi connectivity index (χ1v) is 6.82. The second kappa shape index (κ2) is 5.71. The van der Waals surface area contributed by atoms with Crippen molar-refractivity contribution in [3.8, 4) is 0 Å². The highest BCUT2D eigenvalue weighted by Crippen LogP contribution is 2.29. The molecule has 2 rings (SSSR count). The van der Waals surface area contributed by atoms with E-state index < -0.39 is 11.7 Å². The van der Waals surface area contributed by atoms with Gasteiger partial charge in [-0.15, -0.1) is 11.6 Å². The topological polar surface area (TPSA) is 3.24 Å². The maximum atomic E-state index is 12.4. The molecule has 0 bridgehead atoms. The summed E-state index contributed by atoms with van der Waals surface area (Å²) in [6, 6.07) is 5.40. The predicted octanol–water partition coefficient (Wildman–Crippen LogP) is 4.15. The van der Waals surface area contributed by atoms with Crippen molar-refractivity contribution < 1.29 is 13.2 Å². The Kier molecular flexibility index (Phi) is 4.41. The van der Waals surface area contributed by atoms with E-state index in [1.54, 1.807) is 12.1 Å². The molecule has 2 atom stereocenters. The van der Waals surface area contributed by atoms with Crippen LogP contribution in [0.2, 0.25) is 0 Å². The van der Waals surface area contributed by atoms with Gasteiger partial charge in [0, 0.05) is 18.5 Å². The SMILES string of the molecule is CC1CN(Cc2ccc(C(F)(F)F)cc2)CCC1Cl. The molecule has 1 aromatic rings. The van der Waals surface area contributed by atoms with Crippen molar-refractivity contribution in [1.82, 2.24) is 4.90 Å². The monoisotopic (exact) mass is 291 g/mol. The van der Waals surface area contributed by atoms with Crippen LogP contribution in [0.15, 0.2) is 24.3 Å². The van der Waals surface area contributed by atoms with Gasteiger partial charge in [0.25, 0.3) is 0 Å². The highest BCUT2D eigenvalue weighted by Gasteiger charge is 2.30. The van der Waals surface area contributed by atoms with E-state index in [4.69, 9.17) is 11.6 Å². The first kappa shape index (κ1) is 14.7. The molecule has 0 spiro atoms. The summed E-state index contributed by atoms with van der Waals surface area (Å²) in [6.45, 7) is 4.59. The Morgan fingerprint density at radius 2 is 1.89 bits per heavy atom. The van der Waals surface area contributed by atoms with E-state index >= 15 is 0 Å². The van der Waals surface area contributed by atoms with Crippen LogP contribution in [0.25, 0.3) is 0 Å². The lowest BCUT2D eigenvalue weighted by atomic mass is 9.99. The molecule has 0 saturated carbocycles. The van der Waals surface area contributed by atoms with Crippen LogP contribution in [0.3, 0.4) is 0 Å². The number of hydrogen-bond donors (Lipinski definition) is 0. The van der Waals surface area contributed by atoms with Crippen molar-refractivity contribution >= 4 is 11.6 Å². The minimum atomic E-state index is -4.26. The molecule has 1 aliphatic rings. The summed E-state index contributed by atoms with van der Waals surface area (Å²) in [4.78, 5) is 2.24. The molecule has 1 aliphatic heterocycles. The van der Waals surface area contributed by atoms with Crippen LogP contribution >= 0.6 is 11.6 Å². The van der Waals surface area contributed by atoms with E-state index in [-0.39, 0.29) is 5.38 Å². The molecule has 19 heavy (non-hydrogen) atoms. The van der Waals surface area contributed by atoms with Crippen molar-refractivity contribution in [2.75, 3.05) is 13.1 Å². The summed E-state index contributed by atoms with van der Waals surface area (Å²) in [6.07, 6.45) is -3.33. The van der Waals surface area contributed by atoms with E-state index in [2.05, 4.69) is 11.8 Å². The van der Waals surface area contributed by atoms with Crippen LogP contribution in [0, 0.1) is 5.92 Å². The van der Waals surface area contributed by atoms with Crippen molar-refractivity contribution in [3.05, 3.63) is 35.4 Å². The number of benzene rings is 1. The van der Waals surface area contributed by atoms with Crippen LogP contribution in [0.5, 0.6) is 0 Å². The van der Waals surface area contributed by atoms with Crippen molar-refractivity contribution in [2.45, 2.75) is 31.4 Å². The molecule has 5 heteroatoms. The fourth-order valence-electron chi connectivity index (χ4n) is 2.40. The molecule has 0 amide bonds. The fourth-order valence-corrected chi connectivity index (χ4v) is 2.58. The third-order valence-corrected chi connectivity index (χ3v) is 4.22. The average molecular weight is 292 g/mol. The van der Waals surface area contributed by atoms with Crippen LogP contribution in [-0.4, -0.2) is 23.4 Å². The first-order valence-electron chi connectivity index (χ1n) is 6.39. The highest BCUT2D eigenvalue weighted by atomic mass is 35.5. The Hall–Kier alpha value is -0.740. The molecule has 0 radical (unpaired) electrons. The van der Waals surface area contributed by atoms with Crippen LogP contribution in [0.4, 0.5) is 13.2 Å². The van der Waals surface area contributed by atoms with E-state index in [9.17, 15) is 13.2 Å². The quantitative estimate of drug-likeness (QED) is 0.740. The summed E-state index contributed by atoms with van der Waals surface area (Å²) in [5.41, 5.74) is 0.317. The Labute approximate surface area is 116 Å². The summed E-state index contributed by atoms with van der Waals surface area (Å²) >= 11 is 6.15. The molecule has 0 aromatic heterocycles. The van der Waals surface area contributed by atoms with E-state index in [1.807, 2.05) is 0 Å². The van der Waals surface area contributed by atoms with Crippen molar-refractivity contribution in [1.29, 1.82) is 0 Å². The number of piperidine rings is 1. The lowest BCUT2D eigenvalue weighted by Crippen LogP contribution is -2.39. The molecule has 1 saturated heterocycles. The Balaban J connectivity index is 1.97. The van der Waals surface area contributed by atoms with Gasteiger partial charge in [0.1, 0.15) is 0 Å². The summed E-state index contributed by atoms with van der Waals surface area (Å²) < 4.78 is 37.3. The van der Waals surface area contributed by atoms with Gasteiger partial charge in [-0.1, -0.05) is 19.1 Å². The molecular weight excluding hydrogens is 275 g/mol. The molecule has 1 heterocycles. The molecule has 0 N–H and O–H groups in total. The third-order valence-electron chi connectivity index (χ3n) is 3.57. The number of alkyl halides is 4. The zero-order valence-corrected chi connectivity index (χ0v) is 11.5. The normalized spacial score (nSPS) is 25.5. The molecule has 0 aliphatic carbocycles. The van der Waals surface area contributed by atoms with Crippen molar-refractivity contribution in [3.63, 3.8) is 0 Å². The minimum Gasteiger partial charge on any atom is -0.299 e. The zero-order chi connectivity index (χ0) is 14.0. The largest absolute Gasteiger partial charge is 0.416 e. The van der Waals surface area contributed by atoms with Gasteiger partial charge < -0.3 is 0 Å². The zero-order valence-electron chi connectivity index (χ0n) is 10.8. The maximum Gasteiger partial charge on any atom is 0.416 e. The summed E-state index contributed by atoms with van der Waals surface area (Å²) in [7, 11) is 0. The minimum absolute atomic E-state index is 0.212.